The number of nitro benzene ring substituents is 1. The van der Waals surface area contributed by atoms with Crippen molar-refractivity contribution in [3.8, 4) is 0 Å². The summed E-state index contributed by atoms with van der Waals surface area (Å²) in [5, 5.41) is 19.9. The van der Waals surface area contributed by atoms with Crippen LogP contribution >= 0.6 is 0 Å². The van der Waals surface area contributed by atoms with Gasteiger partial charge in [-0.05, 0) is 12.0 Å². The van der Waals surface area contributed by atoms with Gasteiger partial charge in [-0.25, -0.2) is 4.79 Å². The first-order valence-electron chi connectivity index (χ1n) is 6.15. The number of carboxylic acids is 1. The number of unbranched alkanes of at least 4 members (excludes halogenated alkanes) is 2. The monoisotopic (exact) mass is 267 g/mol. The van der Waals surface area contributed by atoms with E-state index in [0.29, 0.717) is 12.2 Å². The van der Waals surface area contributed by atoms with Crippen molar-refractivity contribution in [2.24, 2.45) is 0 Å². The van der Waals surface area contributed by atoms with E-state index in [0.717, 1.165) is 19.3 Å². The Hall–Kier alpha value is -1.95. The second-order valence-corrected chi connectivity index (χ2v) is 4.13. The minimum Gasteiger partial charge on any atom is -0.477 e. The lowest BCUT2D eigenvalue weighted by Crippen LogP contribution is -2.08. The Morgan fingerprint density at radius 1 is 1.42 bits per heavy atom. The molecule has 0 aliphatic carbocycles. The van der Waals surface area contributed by atoms with Gasteiger partial charge in [-0.1, -0.05) is 31.9 Å². The van der Waals surface area contributed by atoms with Crippen LogP contribution < -0.4 is 0 Å². The fourth-order valence-corrected chi connectivity index (χ4v) is 1.74. The molecule has 1 rings (SSSR count). The van der Waals surface area contributed by atoms with Crippen molar-refractivity contribution in [1.29, 1.82) is 0 Å². The Balaban J connectivity index is 2.80. The number of rotatable bonds is 8. The number of nitrogens with zero attached hydrogens (tertiary/aromatic N) is 1. The van der Waals surface area contributed by atoms with Gasteiger partial charge >= 0.3 is 5.97 Å². The third-order valence-electron chi connectivity index (χ3n) is 2.69. The summed E-state index contributed by atoms with van der Waals surface area (Å²) in [5.41, 5.74) is -0.358. The fourth-order valence-electron chi connectivity index (χ4n) is 1.74. The zero-order valence-electron chi connectivity index (χ0n) is 10.8. The molecule has 0 radical (unpaired) electrons. The fraction of sp³-hybridized carbons (Fsp3) is 0.462. The average Bonchev–Trinajstić information content (AvgIpc) is 2.37. The zero-order chi connectivity index (χ0) is 14.3. The summed E-state index contributed by atoms with van der Waals surface area (Å²) in [6.07, 6.45) is 3.01. The maximum absolute atomic E-state index is 11.1. The molecular formula is C13H17NO5. The topological polar surface area (TPSA) is 89.7 Å². The van der Waals surface area contributed by atoms with Gasteiger partial charge in [0.05, 0.1) is 11.5 Å². The summed E-state index contributed by atoms with van der Waals surface area (Å²) < 4.78 is 5.36. The maximum Gasteiger partial charge on any atom is 0.343 e. The molecule has 0 bridgehead atoms. The highest BCUT2D eigenvalue weighted by Crippen LogP contribution is 2.23. The first kappa shape index (κ1) is 15.1. The minimum absolute atomic E-state index is 0.0764. The standard InChI is InChI=1S/C13H17NO5/c1-2-3-4-8-19-9-10-6-5-7-11(14(17)18)12(10)13(15)16/h5-7H,2-4,8-9H2,1H3,(H,15,16). The van der Waals surface area contributed by atoms with Gasteiger partial charge in [0.1, 0.15) is 5.56 Å². The lowest BCUT2D eigenvalue weighted by Gasteiger charge is -2.07. The molecule has 0 aliphatic heterocycles. The van der Waals surface area contributed by atoms with Crippen molar-refractivity contribution in [2.45, 2.75) is 32.8 Å². The predicted octanol–water partition coefficient (Wildman–Crippen LogP) is 3.00. The number of hydrogen-bond acceptors (Lipinski definition) is 4. The number of ether oxygens (including phenoxy) is 1. The van der Waals surface area contributed by atoms with Crippen LogP contribution in [0, 0.1) is 10.1 Å². The molecule has 104 valence electrons. The summed E-state index contributed by atoms with van der Waals surface area (Å²) in [4.78, 5) is 21.2. The molecule has 0 unspecified atom stereocenters. The van der Waals surface area contributed by atoms with Crippen LogP contribution in [0.25, 0.3) is 0 Å². The van der Waals surface area contributed by atoms with E-state index in [1.807, 2.05) is 0 Å². The number of nitro groups is 1. The van der Waals surface area contributed by atoms with Gasteiger partial charge in [-0.3, -0.25) is 10.1 Å². The lowest BCUT2D eigenvalue weighted by atomic mass is 10.1. The van der Waals surface area contributed by atoms with Crippen LogP contribution in [0.15, 0.2) is 18.2 Å². The molecule has 0 aliphatic rings. The van der Waals surface area contributed by atoms with E-state index in [-0.39, 0.29) is 12.2 Å². The SMILES string of the molecule is CCCCCOCc1cccc([N+](=O)[O-])c1C(=O)O. The number of carboxylic acid groups (broad SMARTS) is 1. The normalized spacial score (nSPS) is 10.4. The summed E-state index contributed by atoms with van der Waals surface area (Å²) in [6, 6.07) is 4.19. The largest absolute Gasteiger partial charge is 0.477 e. The van der Waals surface area contributed by atoms with Crippen LogP contribution in [0.1, 0.15) is 42.1 Å². The van der Waals surface area contributed by atoms with Crippen LogP contribution in [-0.4, -0.2) is 22.6 Å². The van der Waals surface area contributed by atoms with Crippen LogP contribution in [0.3, 0.4) is 0 Å². The average molecular weight is 267 g/mol. The predicted molar refractivity (Wildman–Crippen MR) is 69.2 cm³/mol. The van der Waals surface area contributed by atoms with E-state index >= 15 is 0 Å². The van der Waals surface area contributed by atoms with Crippen LogP contribution in [0.4, 0.5) is 5.69 Å². The molecule has 19 heavy (non-hydrogen) atoms. The quantitative estimate of drug-likeness (QED) is 0.444. The minimum atomic E-state index is -1.31. The molecule has 0 atom stereocenters. The molecule has 0 saturated carbocycles. The zero-order valence-corrected chi connectivity index (χ0v) is 10.8. The Bertz CT molecular complexity index is 458. The molecular weight excluding hydrogens is 250 g/mol. The number of benzene rings is 1. The van der Waals surface area contributed by atoms with Gasteiger partial charge in [0.25, 0.3) is 5.69 Å². The van der Waals surface area contributed by atoms with Crippen molar-refractivity contribution >= 4 is 11.7 Å². The van der Waals surface area contributed by atoms with Crippen molar-refractivity contribution in [3.05, 3.63) is 39.4 Å². The van der Waals surface area contributed by atoms with Gasteiger partial charge in [0.2, 0.25) is 0 Å². The van der Waals surface area contributed by atoms with E-state index in [4.69, 9.17) is 9.84 Å². The van der Waals surface area contributed by atoms with Gasteiger partial charge in [-0.2, -0.15) is 0 Å². The molecule has 0 fully saturated rings. The van der Waals surface area contributed by atoms with E-state index in [9.17, 15) is 14.9 Å². The van der Waals surface area contributed by atoms with Crippen LogP contribution in [-0.2, 0) is 11.3 Å². The second kappa shape index (κ2) is 7.48. The number of carbonyl (C=O) groups is 1. The van der Waals surface area contributed by atoms with E-state index in [1.54, 1.807) is 0 Å². The molecule has 0 amide bonds. The summed E-state index contributed by atoms with van der Waals surface area (Å²) in [5.74, 6) is -1.31. The second-order valence-electron chi connectivity index (χ2n) is 4.13. The third-order valence-corrected chi connectivity index (χ3v) is 2.69. The van der Waals surface area contributed by atoms with Crippen molar-refractivity contribution in [1.82, 2.24) is 0 Å². The molecule has 0 spiro atoms. The molecule has 0 aromatic heterocycles. The molecule has 1 aromatic rings. The van der Waals surface area contributed by atoms with Crippen LogP contribution in [0.2, 0.25) is 0 Å². The first-order chi connectivity index (χ1) is 9.07. The molecule has 6 heteroatoms. The first-order valence-corrected chi connectivity index (χ1v) is 6.15. The van der Waals surface area contributed by atoms with Gasteiger partial charge in [0.15, 0.2) is 0 Å². The van der Waals surface area contributed by atoms with E-state index in [2.05, 4.69) is 6.92 Å². The number of aromatic carboxylic acids is 1. The van der Waals surface area contributed by atoms with Gasteiger partial charge in [-0.15, -0.1) is 0 Å². The highest BCUT2D eigenvalue weighted by Gasteiger charge is 2.23. The Labute approximate surface area is 111 Å². The molecule has 1 N–H and O–H groups in total. The maximum atomic E-state index is 11.1. The molecule has 1 aromatic carbocycles. The Kier molecular flexibility index (Phi) is 5.95. The summed E-state index contributed by atoms with van der Waals surface area (Å²) >= 11 is 0. The van der Waals surface area contributed by atoms with Gasteiger partial charge in [0, 0.05) is 12.7 Å². The van der Waals surface area contributed by atoms with E-state index < -0.39 is 16.6 Å². The smallest absolute Gasteiger partial charge is 0.343 e. The van der Waals surface area contributed by atoms with E-state index in [1.165, 1.54) is 18.2 Å². The van der Waals surface area contributed by atoms with Crippen molar-refractivity contribution in [3.63, 3.8) is 0 Å². The Morgan fingerprint density at radius 3 is 2.74 bits per heavy atom. The van der Waals surface area contributed by atoms with Crippen LogP contribution in [0.5, 0.6) is 0 Å². The summed E-state index contributed by atoms with van der Waals surface area (Å²) in [6.45, 7) is 2.67. The molecule has 0 heterocycles. The van der Waals surface area contributed by atoms with Gasteiger partial charge < -0.3 is 9.84 Å². The highest BCUT2D eigenvalue weighted by molar-refractivity contribution is 5.94. The molecule has 6 nitrogen and oxygen atoms in total. The highest BCUT2D eigenvalue weighted by atomic mass is 16.6. The number of hydrogen-bond donors (Lipinski definition) is 1. The van der Waals surface area contributed by atoms with Crippen molar-refractivity contribution in [2.75, 3.05) is 6.61 Å². The Morgan fingerprint density at radius 2 is 2.16 bits per heavy atom. The lowest BCUT2D eigenvalue weighted by molar-refractivity contribution is -0.385. The third kappa shape index (κ3) is 4.33. The van der Waals surface area contributed by atoms with Crippen molar-refractivity contribution < 1.29 is 19.6 Å². The molecule has 0 saturated heterocycles. The summed E-state index contributed by atoms with van der Waals surface area (Å²) in [7, 11) is 0.